The number of aliphatic hydroxyl groups excluding tert-OH is 1. The van der Waals surface area contributed by atoms with Crippen LogP contribution in [0.15, 0.2) is 30.5 Å². The molecule has 0 amide bonds. The predicted molar refractivity (Wildman–Crippen MR) is 54.1 cm³/mol. The third kappa shape index (κ3) is 1.93. The summed E-state index contributed by atoms with van der Waals surface area (Å²) in [6.07, 6.45) is 1.37. The number of aliphatic hydroxyl groups is 1. The number of aliphatic carboxylic acids is 1. The minimum Gasteiger partial charge on any atom is -0.515 e. The number of hydrogen-bond donors (Lipinski definition) is 2. The fourth-order valence-corrected chi connectivity index (χ4v) is 1.33. The molecule has 0 bridgehead atoms. The van der Waals surface area contributed by atoms with Crippen molar-refractivity contribution in [1.29, 1.82) is 0 Å². The van der Waals surface area contributed by atoms with Gasteiger partial charge < -0.3 is 10.2 Å². The van der Waals surface area contributed by atoms with Crippen LogP contribution in [0.5, 0.6) is 0 Å². The number of hydrogen-bond acceptors (Lipinski definition) is 2. The van der Waals surface area contributed by atoms with E-state index in [4.69, 9.17) is 10.2 Å². The number of aryl methyl sites for hydroxylation is 1. The van der Waals surface area contributed by atoms with E-state index in [1.165, 1.54) is 0 Å². The van der Waals surface area contributed by atoms with Gasteiger partial charge in [-0.2, -0.15) is 0 Å². The molecule has 0 atom stereocenters. The van der Waals surface area contributed by atoms with Crippen LogP contribution in [0.4, 0.5) is 0 Å². The van der Waals surface area contributed by atoms with Crippen LogP contribution in [0, 0.1) is 0 Å². The van der Waals surface area contributed by atoms with Gasteiger partial charge >= 0.3 is 5.97 Å². The van der Waals surface area contributed by atoms with Crippen molar-refractivity contribution in [1.82, 2.24) is 0 Å². The average molecular weight is 192 g/mol. The van der Waals surface area contributed by atoms with Crippen molar-refractivity contribution in [2.24, 2.45) is 0 Å². The maximum atomic E-state index is 10.8. The minimum absolute atomic E-state index is 0.0672. The Balaban J connectivity index is 3.23. The Morgan fingerprint density at radius 3 is 2.57 bits per heavy atom. The van der Waals surface area contributed by atoms with Crippen LogP contribution in [0.25, 0.3) is 5.57 Å². The molecule has 3 nitrogen and oxygen atoms in total. The summed E-state index contributed by atoms with van der Waals surface area (Å²) in [7, 11) is 0. The van der Waals surface area contributed by atoms with Crippen molar-refractivity contribution in [3.05, 3.63) is 41.7 Å². The highest BCUT2D eigenvalue weighted by molar-refractivity contribution is 6.15. The van der Waals surface area contributed by atoms with Gasteiger partial charge in [-0.15, -0.1) is 0 Å². The van der Waals surface area contributed by atoms with Crippen molar-refractivity contribution in [3.63, 3.8) is 0 Å². The van der Waals surface area contributed by atoms with Crippen molar-refractivity contribution in [3.8, 4) is 0 Å². The summed E-state index contributed by atoms with van der Waals surface area (Å²) in [6.45, 7) is 1.94. The summed E-state index contributed by atoms with van der Waals surface area (Å²) in [5.74, 6) is -1.12. The molecule has 2 N–H and O–H groups in total. The van der Waals surface area contributed by atoms with E-state index in [9.17, 15) is 4.79 Å². The van der Waals surface area contributed by atoms with Crippen LogP contribution >= 0.6 is 0 Å². The molecule has 0 aliphatic rings. The molecule has 0 radical (unpaired) electrons. The summed E-state index contributed by atoms with van der Waals surface area (Å²) in [6, 6.07) is 7.14. The molecule has 0 heterocycles. The lowest BCUT2D eigenvalue weighted by molar-refractivity contribution is -0.130. The van der Waals surface area contributed by atoms with Crippen LogP contribution in [-0.4, -0.2) is 16.2 Å². The Labute approximate surface area is 82.3 Å². The summed E-state index contributed by atoms with van der Waals surface area (Å²) in [5, 5.41) is 17.6. The summed E-state index contributed by atoms with van der Waals surface area (Å²) in [5.41, 5.74) is 1.42. The molecule has 0 saturated heterocycles. The lowest BCUT2D eigenvalue weighted by Crippen LogP contribution is -2.02. The van der Waals surface area contributed by atoms with Gasteiger partial charge in [0.2, 0.25) is 0 Å². The Morgan fingerprint density at radius 2 is 2.07 bits per heavy atom. The van der Waals surface area contributed by atoms with E-state index < -0.39 is 5.97 Å². The first-order valence-corrected chi connectivity index (χ1v) is 4.36. The van der Waals surface area contributed by atoms with Crippen molar-refractivity contribution < 1.29 is 15.0 Å². The molecule has 0 spiro atoms. The molecule has 0 saturated carbocycles. The largest absolute Gasteiger partial charge is 0.515 e. The van der Waals surface area contributed by atoms with Crippen LogP contribution in [0.2, 0.25) is 0 Å². The first kappa shape index (κ1) is 10.3. The predicted octanol–water partition coefficient (Wildman–Crippen LogP) is 2.23. The van der Waals surface area contributed by atoms with Crippen molar-refractivity contribution in [2.45, 2.75) is 13.3 Å². The smallest absolute Gasteiger partial charge is 0.339 e. The van der Waals surface area contributed by atoms with Crippen molar-refractivity contribution in [2.75, 3.05) is 0 Å². The Bertz CT molecular complexity index is 367. The van der Waals surface area contributed by atoms with E-state index in [0.29, 0.717) is 11.8 Å². The lowest BCUT2D eigenvalue weighted by Gasteiger charge is -2.06. The second kappa shape index (κ2) is 4.46. The van der Waals surface area contributed by atoms with Crippen LogP contribution in [0.3, 0.4) is 0 Å². The molecule has 74 valence electrons. The lowest BCUT2D eigenvalue weighted by atomic mass is 9.99. The fourth-order valence-electron chi connectivity index (χ4n) is 1.33. The van der Waals surface area contributed by atoms with Crippen LogP contribution < -0.4 is 0 Å². The number of carboxylic acids is 1. The van der Waals surface area contributed by atoms with E-state index in [-0.39, 0.29) is 5.57 Å². The summed E-state index contributed by atoms with van der Waals surface area (Å²) in [4.78, 5) is 10.8. The standard InChI is InChI=1S/C11H12O3/c1-2-8-5-3-4-6-9(8)10(7-12)11(13)14/h3-7,12H,2H2,1H3,(H,13,14)/b10-7+. The summed E-state index contributed by atoms with van der Waals surface area (Å²) >= 11 is 0. The van der Waals surface area contributed by atoms with Gasteiger partial charge in [0.25, 0.3) is 0 Å². The molecule has 3 heteroatoms. The highest BCUT2D eigenvalue weighted by Gasteiger charge is 2.12. The molecular formula is C11H12O3. The normalized spacial score (nSPS) is 11.4. The highest BCUT2D eigenvalue weighted by atomic mass is 16.4. The molecule has 1 aromatic rings. The molecule has 0 aliphatic carbocycles. The third-order valence-electron chi connectivity index (χ3n) is 2.05. The van der Waals surface area contributed by atoms with Crippen LogP contribution in [0.1, 0.15) is 18.1 Å². The zero-order chi connectivity index (χ0) is 10.6. The molecule has 14 heavy (non-hydrogen) atoms. The van der Waals surface area contributed by atoms with E-state index in [1.807, 2.05) is 19.1 Å². The number of carbonyl (C=O) groups is 1. The maximum absolute atomic E-state index is 10.8. The van der Waals surface area contributed by atoms with Gasteiger partial charge in [0.05, 0.1) is 6.26 Å². The van der Waals surface area contributed by atoms with Crippen LogP contribution in [-0.2, 0) is 11.2 Å². The van der Waals surface area contributed by atoms with E-state index in [2.05, 4.69) is 0 Å². The van der Waals surface area contributed by atoms with E-state index >= 15 is 0 Å². The minimum atomic E-state index is -1.12. The van der Waals surface area contributed by atoms with Gasteiger partial charge in [-0.3, -0.25) is 0 Å². The Hall–Kier alpha value is -1.77. The van der Waals surface area contributed by atoms with Gasteiger partial charge in [-0.05, 0) is 17.5 Å². The number of rotatable bonds is 3. The highest BCUT2D eigenvalue weighted by Crippen LogP contribution is 2.19. The molecule has 1 aromatic carbocycles. The zero-order valence-corrected chi connectivity index (χ0v) is 7.90. The SMILES string of the molecule is CCc1ccccc1/C(=C\O)C(=O)O. The first-order valence-electron chi connectivity index (χ1n) is 4.36. The summed E-state index contributed by atoms with van der Waals surface area (Å²) < 4.78 is 0. The topological polar surface area (TPSA) is 57.5 Å². The van der Waals surface area contributed by atoms with Crippen molar-refractivity contribution >= 4 is 11.5 Å². The maximum Gasteiger partial charge on any atom is 0.339 e. The first-order chi connectivity index (χ1) is 6.70. The van der Waals surface area contributed by atoms with E-state index in [0.717, 1.165) is 12.0 Å². The zero-order valence-electron chi connectivity index (χ0n) is 7.90. The number of benzene rings is 1. The second-order valence-electron chi connectivity index (χ2n) is 2.86. The van der Waals surface area contributed by atoms with E-state index in [1.54, 1.807) is 12.1 Å². The average Bonchev–Trinajstić information content (AvgIpc) is 2.19. The fraction of sp³-hybridized carbons (Fsp3) is 0.182. The Morgan fingerprint density at radius 1 is 1.43 bits per heavy atom. The third-order valence-corrected chi connectivity index (χ3v) is 2.05. The molecular weight excluding hydrogens is 180 g/mol. The molecule has 1 rings (SSSR count). The van der Waals surface area contributed by atoms with Gasteiger partial charge in [-0.25, -0.2) is 4.79 Å². The van der Waals surface area contributed by atoms with Gasteiger partial charge in [-0.1, -0.05) is 31.2 Å². The number of carboxylic acid groups (broad SMARTS) is 1. The monoisotopic (exact) mass is 192 g/mol. The second-order valence-corrected chi connectivity index (χ2v) is 2.86. The van der Waals surface area contributed by atoms with Gasteiger partial charge in [0, 0.05) is 0 Å². The van der Waals surface area contributed by atoms with Gasteiger partial charge in [0.15, 0.2) is 0 Å². The molecule has 0 aliphatic heterocycles. The quantitative estimate of drug-likeness (QED) is 0.570. The van der Waals surface area contributed by atoms with Gasteiger partial charge in [0.1, 0.15) is 5.57 Å². The molecule has 0 aromatic heterocycles. The molecule has 0 fully saturated rings. The molecule has 0 unspecified atom stereocenters. The Kier molecular flexibility index (Phi) is 3.29.